The predicted molar refractivity (Wildman–Crippen MR) is 85.1 cm³/mol. The number of hydrogen-bond donors (Lipinski definition) is 1. The molecule has 0 amide bonds. The van der Waals surface area contributed by atoms with E-state index in [0.29, 0.717) is 19.5 Å². The van der Waals surface area contributed by atoms with Crippen molar-refractivity contribution in [3.8, 4) is 5.75 Å². The molecule has 23 heavy (non-hydrogen) atoms. The van der Waals surface area contributed by atoms with Gasteiger partial charge in [-0.25, -0.2) is 8.42 Å². The molecule has 1 atom stereocenters. The lowest BCUT2D eigenvalue weighted by molar-refractivity contribution is -0.385. The maximum atomic E-state index is 13.0. The monoisotopic (exact) mass is 343 g/mol. The second kappa shape index (κ2) is 7.24. The zero-order valence-corrected chi connectivity index (χ0v) is 14.0. The number of benzene rings is 1. The Balaban J connectivity index is 2.45. The van der Waals surface area contributed by atoms with Gasteiger partial charge in [0.05, 0.1) is 18.1 Å². The molecule has 0 spiro atoms. The SMILES string of the molecule is CCCN(C1CCNC1)S(=O)(=O)c1ccc([N+](=O)[O-])cc1OC. The molecule has 0 aliphatic carbocycles. The van der Waals surface area contributed by atoms with Gasteiger partial charge in [0, 0.05) is 25.2 Å². The number of nitrogens with zero attached hydrogens (tertiary/aromatic N) is 2. The van der Waals surface area contributed by atoms with Crippen LogP contribution in [0.5, 0.6) is 5.75 Å². The molecule has 1 heterocycles. The zero-order valence-electron chi connectivity index (χ0n) is 13.2. The second-order valence-corrected chi connectivity index (χ2v) is 7.21. The fourth-order valence-corrected chi connectivity index (χ4v) is 4.60. The van der Waals surface area contributed by atoms with Crippen LogP contribution < -0.4 is 10.1 Å². The highest BCUT2D eigenvalue weighted by Crippen LogP contribution is 2.32. The van der Waals surface area contributed by atoms with Crippen LogP contribution in [0.4, 0.5) is 5.69 Å². The van der Waals surface area contributed by atoms with Crippen LogP contribution in [0.1, 0.15) is 19.8 Å². The molecule has 128 valence electrons. The normalized spacial score (nSPS) is 18.3. The van der Waals surface area contributed by atoms with Gasteiger partial charge in [-0.05, 0) is 25.5 Å². The van der Waals surface area contributed by atoms with Gasteiger partial charge in [-0.3, -0.25) is 10.1 Å². The Kier molecular flexibility index (Phi) is 5.55. The van der Waals surface area contributed by atoms with Crippen molar-refractivity contribution >= 4 is 15.7 Å². The van der Waals surface area contributed by atoms with Crippen LogP contribution in [0.3, 0.4) is 0 Å². The minimum absolute atomic E-state index is 0.00809. The Hall–Kier alpha value is -1.71. The van der Waals surface area contributed by atoms with Gasteiger partial charge in [0.2, 0.25) is 10.0 Å². The zero-order chi connectivity index (χ0) is 17.0. The predicted octanol–water partition coefficient (Wildman–Crippen LogP) is 1.37. The molecular formula is C14H21N3O5S. The lowest BCUT2D eigenvalue weighted by Gasteiger charge is -2.27. The molecule has 1 aliphatic rings. The number of non-ortho nitro benzene ring substituents is 1. The first kappa shape index (κ1) is 17.6. The number of nitrogens with one attached hydrogen (secondary N) is 1. The van der Waals surface area contributed by atoms with Crippen molar-refractivity contribution in [2.24, 2.45) is 0 Å². The third-order valence-corrected chi connectivity index (χ3v) is 5.82. The van der Waals surface area contributed by atoms with E-state index in [1.807, 2.05) is 6.92 Å². The molecule has 2 rings (SSSR count). The highest BCUT2D eigenvalue weighted by molar-refractivity contribution is 7.89. The van der Waals surface area contributed by atoms with Crippen molar-refractivity contribution in [3.05, 3.63) is 28.3 Å². The minimum atomic E-state index is -3.79. The Morgan fingerprint density at radius 1 is 1.48 bits per heavy atom. The van der Waals surface area contributed by atoms with Crippen molar-refractivity contribution in [3.63, 3.8) is 0 Å². The molecule has 1 saturated heterocycles. The van der Waals surface area contributed by atoms with E-state index in [4.69, 9.17) is 4.74 Å². The summed E-state index contributed by atoms with van der Waals surface area (Å²) in [5.41, 5.74) is -0.203. The summed E-state index contributed by atoms with van der Waals surface area (Å²) >= 11 is 0. The molecule has 1 fully saturated rings. The summed E-state index contributed by atoms with van der Waals surface area (Å²) in [5, 5.41) is 14.0. The molecule has 9 heteroatoms. The van der Waals surface area contributed by atoms with E-state index in [-0.39, 0.29) is 22.4 Å². The lowest BCUT2D eigenvalue weighted by Crippen LogP contribution is -2.42. The first-order valence-corrected chi connectivity index (χ1v) is 8.90. The highest BCUT2D eigenvalue weighted by Gasteiger charge is 2.34. The average molecular weight is 343 g/mol. The van der Waals surface area contributed by atoms with Crippen LogP contribution in [-0.2, 0) is 10.0 Å². The number of ether oxygens (including phenoxy) is 1. The van der Waals surface area contributed by atoms with Gasteiger partial charge in [-0.2, -0.15) is 4.31 Å². The molecular weight excluding hydrogens is 322 g/mol. The van der Waals surface area contributed by atoms with E-state index in [9.17, 15) is 18.5 Å². The molecule has 0 saturated carbocycles. The molecule has 1 N–H and O–H groups in total. The van der Waals surface area contributed by atoms with Crippen molar-refractivity contribution in [1.82, 2.24) is 9.62 Å². The van der Waals surface area contributed by atoms with Crippen LogP contribution in [0, 0.1) is 10.1 Å². The Morgan fingerprint density at radius 2 is 2.22 bits per heavy atom. The van der Waals surface area contributed by atoms with Crippen molar-refractivity contribution in [1.29, 1.82) is 0 Å². The van der Waals surface area contributed by atoms with Crippen LogP contribution in [0.15, 0.2) is 23.1 Å². The van der Waals surface area contributed by atoms with Gasteiger partial charge in [-0.15, -0.1) is 0 Å². The highest BCUT2D eigenvalue weighted by atomic mass is 32.2. The van der Waals surface area contributed by atoms with E-state index >= 15 is 0 Å². The molecule has 1 aromatic carbocycles. The van der Waals surface area contributed by atoms with Gasteiger partial charge in [-0.1, -0.05) is 6.92 Å². The molecule has 0 bridgehead atoms. The summed E-state index contributed by atoms with van der Waals surface area (Å²) < 4.78 is 32.6. The third kappa shape index (κ3) is 3.62. The van der Waals surface area contributed by atoms with Gasteiger partial charge in [0.25, 0.3) is 5.69 Å². The first-order chi connectivity index (χ1) is 10.9. The molecule has 0 aromatic heterocycles. The van der Waals surface area contributed by atoms with Gasteiger partial charge in [0.1, 0.15) is 10.6 Å². The molecule has 0 radical (unpaired) electrons. The number of rotatable bonds is 7. The average Bonchev–Trinajstić information content (AvgIpc) is 3.05. The molecule has 1 aromatic rings. The fourth-order valence-electron chi connectivity index (χ4n) is 2.71. The van der Waals surface area contributed by atoms with Gasteiger partial charge >= 0.3 is 0 Å². The van der Waals surface area contributed by atoms with Crippen LogP contribution in [0.2, 0.25) is 0 Å². The number of sulfonamides is 1. The van der Waals surface area contributed by atoms with E-state index in [2.05, 4.69) is 5.32 Å². The van der Waals surface area contributed by atoms with Gasteiger partial charge < -0.3 is 10.1 Å². The fraction of sp³-hybridized carbons (Fsp3) is 0.571. The summed E-state index contributed by atoms with van der Waals surface area (Å²) in [5.74, 6) is -0.00809. The number of nitro benzene ring substituents is 1. The minimum Gasteiger partial charge on any atom is -0.495 e. The Bertz CT molecular complexity index is 671. The summed E-state index contributed by atoms with van der Waals surface area (Å²) in [4.78, 5) is 10.2. The summed E-state index contributed by atoms with van der Waals surface area (Å²) in [6.07, 6.45) is 1.43. The summed E-state index contributed by atoms with van der Waals surface area (Å²) in [6, 6.07) is 3.47. The maximum absolute atomic E-state index is 13.0. The Morgan fingerprint density at radius 3 is 2.74 bits per heavy atom. The van der Waals surface area contributed by atoms with Crippen LogP contribution in [0.25, 0.3) is 0 Å². The van der Waals surface area contributed by atoms with Crippen LogP contribution >= 0.6 is 0 Å². The largest absolute Gasteiger partial charge is 0.495 e. The maximum Gasteiger partial charge on any atom is 0.273 e. The standard InChI is InChI=1S/C14H21N3O5S/c1-3-8-16(12-6-7-15-10-12)23(20,21)14-5-4-11(17(18)19)9-13(14)22-2/h4-5,9,12,15H,3,6-8,10H2,1-2H3. The number of nitro groups is 1. The topological polar surface area (TPSA) is 102 Å². The lowest BCUT2D eigenvalue weighted by atomic mass is 10.2. The van der Waals surface area contributed by atoms with E-state index in [1.54, 1.807) is 0 Å². The van der Waals surface area contributed by atoms with Gasteiger partial charge in [0.15, 0.2) is 0 Å². The molecule has 1 aliphatic heterocycles. The van der Waals surface area contributed by atoms with E-state index < -0.39 is 14.9 Å². The van der Waals surface area contributed by atoms with E-state index in [1.165, 1.54) is 23.5 Å². The first-order valence-electron chi connectivity index (χ1n) is 7.46. The third-order valence-electron chi connectivity index (χ3n) is 3.83. The van der Waals surface area contributed by atoms with Crippen LogP contribution in [-0.4, -0.2) is 50.4 Å². The summed E-state index contributed by atoms with van der Waals surface area (Å²) in [6.45, 7) is 3.69. The second-order valence-electron chi connectivity index (χ2n) is 5.35. The summed E-state index contributed by atoms with van der Waals surface area (Å²) in [7, 11) is -2.48. The van der Waals surface area contributed by atoms with Crippen molar-refractivity contribution in [2.45, 2.75) is 30.7 Å². The molecule has 8 nitrogen and oxygen atoms in total. The van der Waals surface area contributed by atoms with E-state index in [0.717, 1.165) is 19.0 Å². The number of hydrogen-bond acceptors (Lipinski definition) is 6. The quantitative estimate of drug-likeness (QED) is 0.592. The molecule has 1 unspecified atom stereocenters. The Labute approximate surface area is 135 Å². The number of methoxy groups -OCH3 is 1. The van der Waals surface area contributed by atoms with Crippen molar-refractivity contribution in [2.75, 3.05) is 26.7 Å². The van der Waals surface area contributed by atoms with Crippen molar-refractivity contribution < 1.29 is 18.1 Å². The smallest absolute Gasteiger partial charge is 0.273 e.